The number of carbonyl (C=O) groups is 1. The maximum absolute atomic E-state index is 11.2. The van der Waals surface area contributed by atoms with Crippen LogP contribution in [0.5, 0.6) is 0 Å². The van der Waals surface area contributed by atoms with Gasteiger partial charge < -0.3 is 14.8 Å². The molecular formula is C18H20INO3. The van der Waals surface area contributed by atoms with E-state index in [4.69, 9.17) is 9.47 Å². The molecule has 23 heavy (non-hydrogen) atoms. The van der Waals surface area contributed by atoms with Gasteiger partial charge >= 0.3 is 6.09 Å². The molecule has 0 heterocycles. The Morgan fingerprint density at radius 1 is 1.17 bits per heavy atom. The summed E-state index contributed by atoms with van der Waals surface area (Å²) >= 11 is 2.29. The molecule has 0 saturated heterocycles. The first-order valence-electron chi connectivity index (χ1n) is 7.44. The Labute approximate surface area is 150 Å². The molecule has 2 aromatic rings. The molecule has 1 N–H and O–H groups in total. The van der Waals surface area contributed by atoms with E-state index in [1.54, 1.807) is 7.05 Å². The van der Waals surface area contributed by atoms with Crippen molar-refractivity contribution >= 4 is 28.7 Å². The predicted molar refractivity (Wildman–Crippen MR) is 98.2 cm³/mol. The summed E-state index contributed by atoms with van der Waals surface area (Å²) in [7, 11) is 1.55. The number of benzene rings is 2. The number of ether oxygens (including phenoxy) is 2. The minimum atomic E-state index is -0.422. The summed E-state index contributed by atoms with van der Waals surface area (Å²) in [6, 6.07) is 18.2. The molecule has 0 aliphatic heterocycles. The average molecular weight is 425 g/mol. The Balaban J connectivity index is 1.97. The van der Waals surface area contributed by atoms with Gasteiger partial charge in [0.1, 0.15) is 0 Å². The van der Waals surface area contributed by atoms with E-state index in [1.807, 2.05) is 42.5 Å². The molecule has 0 radical (unpaired) electrons. The number of halogens is 1. The topological polar surface area (TPSA) is 47.6 Å². The molecule has 0 bridgehead atoms. The van der Waals surface area contributed by atoms with Crippen molar-refractivity contribution in [1.29, 1.82) is 0 Å². The maximum atomic E-state index is 11.2. The van der Waals surface area contributed by atoms with Gasteiger partial charge in [0.2, 0.25) is 0 Å². The molecule has 0 aromatic heterocycles. The predicted octanol–water partition coefficient (Wildman–Crippen LogP) is 4.30. The fourth-order valence-corrected chi connectivity index (χ4v) is 2.78. The monoisotopic (exact) mass is 425 g/mol. The molecule has 2 aromatic carbocycles. The van der Waals surface area contributed by atoms with Gasteiger partial charge in [0.25, 0.3) is 0 Å². The highest BCUT2D eigenvalue weighted by Crippen LogP contribution is 2.23. The normalized spacial score (nSPS) is 11.7. The number of hydrogen-bond donors (Lipinski definition) is 1. The highest BCUT2D eigenvalue weighted by molar-refractivity contribution is 14.1. The number of nitrogens with one attached hydrogen (secondary N) is 1. The largest absolute Gasteiger partial charge is 0.449 e. The fourth-order valence-electron chi connectivity index (χ4n) is 2.17. The van der Waals surface area contributed by atoms with Crippen molar-refractivity contribution in [3.05, 3.63) is 69.3 Å². The van der Waals surface area contributed by atoms with Crippen LogP contribution in [0.15, 0.2) is 54.6 Å². The van der Waals surface area contributed by atoms with Crippen LogP contribution in [0.3, 0.4) is 0 Å². The summed E-state index contributed by atoms with van der Waals surface area (Å²) in [4.78, 5) is 11.2. The number of rotatable bonds is 7. The first kappa shape index (κ1) is 17.7. The SMILES string of the molecule is CNC(=O)OCCC(OCc1cccc(I)c1)c1ccccc1. The van der Waals surface area contributed by atoms with Gasteiger partial charge in [-0.3, -0.25) is 0 Å². The zero-order valence-electron chi connectivity index (χ0n) is 13.0. The molecule has 4 nitrogen and oxygen atoms in total. The highest BCUT2D eigenvalue weighted by Gasteiger charge is 2.13. The Hall–Kier alpha value is -1.60. The maximum Gasteiger partial charge on any atom is 0.406 e. The van der Waals surface area contributed by atoms with Crippen molar-refractivity contribution in [3.8, 4) is 0 Å². The molecule has 0 saturated carbocycles. The van der Waals surface area contributed by atoms with Gasteiger partial charge in [-0.25, -0.2) is 4.79 Å². The van der Waals surface area contributed by atoms with Crippen molar-refractivity contribution in [2.75, 3.05) is 13.7 Å². The van der Waals surface area contributed by atoms with Crippen LogP contribution < -0.4 is 5.32 Å². The summed E-state index contributed by atoms with van der Waals surface area (Å²) in [5.41, 5.74) is 2.21. The van der Waals surface area contributed by atoms with Crippen molar-refractivity contribution in [2.24, 2.45) is 0 Å². The first-order valence-corrected chi connectivity index (χ1v) is 8.52. The van der Waals surface area contributed by atoms with Crippen LogP contribution in [0.1, 0.15) is 23.7 Å². The van der Waals surface area contributed by atoms with Crippen LogP contribution in [0, 0.1) is 3.57 Å². The van der Waals surface area contributed by atoms with E-state index in [0.29, 0.717) is 19.6 Å². The second-order valence-corrected chi connectivity index (χ2v) is 6.26. The lowest BCUT2D eigenvalue weighted by Gasteiger charge is -2.18. The summed E-state index contributed by atoms with van der Waals surface area (Å²) in [6.07, 6.45) is 0.0783. The molecule has 2 rings (SSSR count). The second kappa shape index (κ2) is 9.52. The molecular weight excluding hydrogens is 405 g/mol. The van der Waals surface area contributed by atoms with Crippen LogP contribution in [0.4, 0.5) is 4.79 Å². The van der Waals surface area contributed by atoms with Crippen LogP contribution in [0.2, 0.25) is 0 Å². The summed E-state index contributed by atoms with van der Waals surface area (Å²) < 4.78 is 12.3. The highest BCUT2D eigenvalue weighted by atomic mass is 127. The van der Waals surface area contributed by atoms with E-state index in [0.717, 1.165) is 11.1 Å². The number of hydrogen-bond acceptors (Lipinski definition) is 3. The Bertz CT molecular complexity index is 619. The van der Waals surface area contributed by atoms with Gasteiger partial charge in [0.05, 0.1) is 19.3 Å². The van der Waals surface area contributed by atoms with Gasteiger partial charge in [-0.2, -0.15) is 0 Å². The molecule has 1 unspecified atom stereocenters. The Kier molecular flexibility index (Phi) is 7.35. The minimum Gasteiger partial charge on any atom is -0.449 e. The standard InChI is InChI=1S/C18H20INO3/c1-20-18(21)22-11-10-17(15-7-3-2-4-8-15)23-13-14-6-5-9-16(19)12-14/h2-9,12,17H,10-11,13H2,1H3,(H,20,21). The molecule has 0 aliphatic carbocycles. The van der Waals surface area contributed by atoms with Gasteiger partial charge in [-0.1, -0.05) is 42.5 Å². The smallest absolute Gasteiger partial charge is 0.406 e. The summed E-state index contributed by atoms with van der Waals surface area (Å²) in [5.74, 6) is 0. The summed E-state index contributed by atoms with van der Waals surface area (Å²) in [5, 5.41) is 2.44. The van der Waals surface area contributed by atoms with Crippen LogP contribution in [-0.4, -0.2) is 19.7 Å². The van der Waals surface area contributed by atoms with E-state index in [1.165, 1.54) is 3.57 Å². The van der Waals surface area contributed by atoms with Gasteiger partial charge in [-0.15, -0.1) is 0 Å². The second-order valence-electron chi connectivity index (χ2n) is 5.01. The lowest BCUT2D eigenvalue weighted by atomic mass is 10.1. The fraction of sp³-hybridized carbons (Fsp3) is 0.278. The number of alkyl carbamates (subject to hydrolysis) is 1. The van der Waals surface area contributed by atoms with Crippen LogP contribution in [-0.2, 0) is 16.1 Å². The molecule has 0 aliphatic rings. The lowest BCUT2D eigenvalue weighted by Crippen LogP contribution is -2.20. The van der Waals surface area contributed by atoms with E-state index in [2.05, 4.69) is 40.0 Å². The molecule has 0 fully saturated rings. The Morgan fingerprint density at radius 2 is 1.96 bits per heavy atom. The summed E-state index contributed by atoms with van der Waals surface area (Å²) in [6.45, 7) is 0.835. The third kappa shape index (κ3) is 6.19. The molecule has 1 atom stereocenters. The van der Waals surface area contributed by atoms with E-state index >= 15 is 0 Å². The van der Waals surface area contributed by atoms with Crippen molar-refractivity contribution in [3.63, 3.8) is 0 Å². The van der Waals surface area contributed by atoms with Gasteiger partial charge in [0, 0.05) is 17.0 Å². The number of carbonyl (C=O) groups excluding carboxylic acids is 1. The lowest BCUT2D eigenvalue weighted by molar-refractivity contribution is 0.0199. The molecule has 5 heteroatoms. The first-order chi connectivity index (χ1) is 11.2. The zero-order chi connectivity index (χ0) is 16.5. The Morgan fingerprint density at radius 3 is 2.65 bits per heavy atom. The van der Waals surface area contributed by atoms with E-state index < -0.39 is 6.09 Å². The molecule has 122 valence electrons. The van der Waals surface area contributed by atoms with Crippen molar-refractivity contribution in [1.82, 2.24) is 5.32 Å². The average Bonchev–Trinajstić information content (AvgIpc) is 2.58. The van der Waals surface area contributed by atoms with Crippen molar-refractivity contribution in [2.45, 2.75) is 19.1 Å². The number of amides is 1. The van der Waals surface area contributed by atoms with Crippen LogP contribution in [0.25, 0.3) is 0 Å². The van der Waals surface area contributed by atoms with E-state index in [-0.39, 0.29) is 6.10 Å². The molecule has 1 amide bonds. The van der Waals surface area contributed by atoms with Gasteiger partial charge in [-0.05, 0) is 45.9 Å². The minimum absolute atomic E-state index is 0.112. The van der Waals surface area contributed by atoms with Crippen LogP contribution >= 0.6 is 22.6 Å². The third-order valence-corrected chi connectivity index (χ3v) is 4.00. The van der Waals surface area contributed by atoms with E-state index in [9.17, 15) is 4.79 Å². The quantitative estimate of drug-likeness (QED) is 0.674. The zero-order valence-corrected chi connectivity index (χ0v) is 15.2. The van der Waals surface area contributed by atoms with Gasteiger partial charge in [0.15, 0.2) is 0 Å². The molecule has 0 spiro atoms. The third-order valence-electron chi connectivity index (χ3n) is 3.33. The van der Waals surface area contributed by atoms with Crippen molar-refractivity contribution < 1.29 is 14.3 Å².